The molecule has 2 aromatic heterocycles. The Morgan fingerprint density at radius 3 is 2.63 bits per heavy atom. The molecule has 5 heteroatoms. The molecule has 1 N–H and O–H groups in total. The molecular formula is C22H19FN2OS. The minimum Gasteiger partial charge on any atom is -0.331 e. The monoisotopic (exact) mass is 378 g/mol. The van der Waals surface area contributed by atoms with Crippen LogP contribution in [0, 0.1) is 5.82 Å². The maximum Gasteiger partial charge on any atom is 0.272 e. The summed E-state index contributed by atoms with van der Waals surface area (Å²) < 4.78 is 16.6. The highest BCUT2D eigenvalue weighted by atomic mass is 32.1. The normalized spacial score (nSPS) is 11.0. The van der Waals surface area contributed by atoms with Gasteiger partial charge in [0.05, 0.1) is 10.2 Å². The number of thiophene rings is 1. The van der Waals surface area contributed by atoms with Crippen molar-refractivity contribution in [2.75, 3.05) is 5.32 Å². The Kier molecular flexibility index (Phi) is 4.77. The Morgan fingerprint density at radius 1 is 1.07 bits per heavy atom. The molecule has 4 aromatic rings. The molecule has 0 unspecified atom stereocenters. The van der Waals surface area contributed by atoms with E-state index in [0.717, 1.165) is 27.9 Å². The van der Waals surface area contributed by atoms with E-state index in [1.54, 1.807) is 17.4 Å². The number of amides is 1. The van der Waals surface area contributed by atoms with Gasteiger partial charge in [-0.1, -0.05) is 31.2 Å². The lowest BCUT2D eigenvalue weighted by Gasteiger charge is -2.11. The van der Waals surface area contributed by atoms with Gasteiger partial charge < -0.3 is 9.88 Å². The number of aromatic nitrogens is 1. The fraction of sp³-hybridized carbons (Fsp3) is 0.136. The molecule has 3 nitrogen and oxygen atoms in total. The minimum absolute atomic E-state index is 0.168. The van der Waals surface area contributed by atoms with E-state index in [9.17, 15) is 9.18 Å². The van der Waals surface area contributed by atoms with E-state index in [0.29, 0.717) is 12.2 Å². The summed E-state index contributed by atoms with van der Waals surface area (Å²) in [7, 11) is 0. The first kappa shape index (κ1) is 17.5. The number of aryl methyl sites for hydroxylation is 1. The van der Waals surface area contributed by atoms with Crippen LogP contribution in [0.15, 0.2) is 66.0 Å². The summed E-state index contributed by atoms with van der Waals surface area (Å²) in [5.74, 6) is -0.442. The molecule has 4 rings (SSSR count). The molecule has 0 aliphatic carbocycles. The standard InChI is InChI=1S/C22H19FN2OS/c1-2-15-6-8-18(9-7-15)24-22(26)20-13-21-19(10-11-27-21)25(20)14-16-4-3-5-17(23)12-16/h3-13H,2,14H2,1H3,(H,24,26). The predicted octanol–water partition coefficient (Wildman–Crippen LogP) is 5.70. The van der Waals surface area contributed by atoms with Gasteiger partial charge in [-0.05, 0) is 59.3 Å². The zero-order valence-corrected chi connectivity index (χ0v) is 15.7. The number of hydrogen-bond acceptors (Lipinski definition) is 2. The van der Waals surface area contributed by atoms with E-state index in [4.69, 9.17) is 0 Å². The van der Waals surface area contributed by atoms with Crippen LogP contribution in [0.3, 0.4) is 0 Å². The number of carbonyl (C=O) groups is 1. The molecule has 0 fully saturated rings. The summed E-state index contributed by atoms with van der Waals surface area (Å²) in [6, 6.07) is 18.2. The quantitative estimate of drug-likeness (QED) is 0.474. The van der Waals surface area contributed by atoms with Crippen LogP contribution in [0.25, 0.3) is 10.2 Å². The molecule has 0 aliphatic heterocycles. The Morgan fingerprint density at radius 2 is 1.89 bits per heavy atom. The second-order valence-electron chi connectivity index (χ2n) is 6.42. The summed E-state index contributed by atoms with van der Waals surface area (Å²) in [5.41, 5.74) is 4.36. The summed E-state index contributed by atoms with van der Waals surface area (Å²) >= 11 is 1.59. The maximum atomic E-state index is 13.6. The largest absolute Gasteiger partial charge is 0.331 e. The van der Waals surface area contributed by atoms with Crippen LogP contribution in [0.4, 0.5) is 10.1 Å². The number of hydrogen-bond donors (Lipinski definition) is 1. The molecule has 0 radical (unpaired) electrons. The van der Waals surface area contributed by atoms with E-state index in [1.807, 2.05) is 52.4 Å². The average Bonchev–Trinajstić information content (AvgIpc) is 3.25. The first-order valence-corrected chi connectivity index (χ1v) is 9.73. The SMILES string of the molecule is CCc1ccc(NC(=O)c2cc3sccc3n2Cc2cccc(F)c2)cc1. The number of nitrogens with zero attached hydrogens (tertiary/aromatic N) is 1. The van der Waals surface area contributed by atoms with E-state index in [2.05, 4.69) is 12.2 Å². The molecule has 2 aromatic carbocycles. The number of nitrogens with one attached hydrogen (secondary N) is 1. The van der Waals surface area contributed by atoms with Gasteiger partial charge in [-0.2, -0.15) is 0 Å². The van der Waals surface area contributed by atoms with Gasteiger partial charge in [-0.25, -0.2) is 4.39 Å². The third kappa shape index (κ3) is 3.64. The first-order chi connectivity index (χ1) is 13.1. The average molecular weight is 378 g/mol. The second kappa shape index (κ2) is 7.37. The van der Waals surface area contributed by atoms with Crippen molar-refractivity contribution in [3.63, 3.8) is 0 Å². The smallest absolute Gasteiger partial charge is 0.272 e. The van der Waals surface area contributed by atoms with Crippen LogP contribution in [0.2, 0.25) is 0 Å². The third-order valence-corrected chi connectivity index (χ3v) is 5.46. The number of anilines is 1. The highest BCUT2D eigenvalue weighted by Crippen LogP contribution is 2.27. The molecule has 2 heterocycles. The van der Waals surface area contributed by atoms with Crippen molar-refractivity contribution in [3.05, 3.63) is 88.7 Å². The fourth-order valence-electron chi connectivity index (χ4n) is 3.17. The lowest BCUT2D eigenvalue weighted by molar-refractivity contribution is 0.101. The van der Waals surface area contributed by atoms with Gasteiger partial charge in [0.25, 0.3) is 5.91 Å². The number of carbonyl (C=O) groups excluding carboxylic acids is 1. The van der Waals surface area contributed by atoms with Crippen LogP contribution in [-0.2, 0) is 13.0 Å². The molecule has 0 saturated carbocycles. The van der Waals surface area contributed by atoms with Crippen LogP contribution >= 0.6 is 11.3 Å². The first-order valence-electron chi connectivity index (χ1n) is 8.85. The van der Waals surface area contributed by atoms with Crippen molar-refractivity contribution in [1.82, 2.24) is 4.57 Å². The second-order valence-corrected chi connectivity index (χ2v) is 7.37. The Balaban J connectivity index is 1.66. The topological polar surface area (TPSA) is 34.0 Å². The molecule has 0 atom stereocenters. The van der Waals surface area contributed by atoms with Gasteiger partial charge in [-0.3, -0.25) is 4.79 Å². The van der Waals surface area contributed by atoms with Crippen molar-refractivity contribution in [1.29, 1.82) is 0 Å². The number of rotatable bonds is 5. The summed E-state index contributed by atoms with van der Waals surface area (Å²) in [6.45, 7) is 2.54. The van der Waals surface area contributed by atoms with Gasteiger partial charge in [0.2, 0.25) is 0 Å². The molecule has 0 spiro atoms. The van der Waals surface area contributed by atoms with Gasteiger partial charge >= 0.3 is 0 Å². The zero-order chi connectivity index (χ0) is 18.8. The predicted molar refractivity (Wildman–Crippen MR) is 109 cm³/mol. The number of benzene rings is 2. The Hall–Kier alpha value is -2.92. The number of fused-ring (bicyclic) bond motifs is 1. The molecule has 1 amide bonds. The molecule has 0 aliphatic rings. The molecular weight excluding hydrogens is 359 g/mol. The maximum absolute atomic E-state index is 13.6. The van der Waals surface area contributed by atoms with Crippen molar-refractivity contribution < 1.29 is 9.18 Å². The zero-order valence-electron chi connectivity index (χ0n) is 14.9. The van der Waals surface area contributed by atoms with Gasteiger partial charge in [-0.15, -0.1) is 11.3 Å². The Bertz CT molecular complexity index is 1100. The van der Waals surface area contributed by atoms with Gasteiger partial charge in [0.1, 0.15) is 11.5 Å². The van der Waals surface area contributed by atoms with E-state index < -0.39 is 0 Å². The van der Waals surface area contributed by atoms with Crippen LogP contribution < -0.4 is 5.32 Å². The molecule has 0 saturated heterocycles. The Labute approximate surface area is 161 Å². The van der Waals surface area contributed by atoms with Crippen LogP contribution in [-0.4, -0.2) is 10.5 Å². The van der Waals surface area contributed by atoms with Crippen molar-refractivity contribution in [3.8, 4) is 0 Å². The fourth-order valence-corrected chi connectivity index (χ4v) is 3.99. The number of halogens is 1. The van der Waals surface area contributed by atoms with E-state index >= 15 is 0 Å². The highest BCUT2D eigenvalue weighted by Gasteiger charge is 2.17. The summed E-state index contributed by atoms with van der Waals surface area (Å²) in [5, 5.41) is 4.97. The van der Waals surface area contributed by atoms with Crippen molar-refractivity contribution >= 4 is 33.1 Å². The van der Waals surface area contributed by atoms with Crippen molar-refractivity contribution in [2.24, 2.45) is 0 Å². The van der Waals surface area contributed by atoms with E-state index in [1.165, 1.54) is 17.7 Å². The lowest BCUT2D eigenvalue weighted by atomic mass is 10.1. The molecule has 27 heavy (non-hydrogen) atoms. The van der Waals surface area contributed by atoms with Gasteiger partial charge in [0.15, 0.2) is 0 Å². The van der Waals surface area contributed by atoms with Gasteiger partial charge in [0, 0.05) is 12.2 Å². The third-order valence-electron chi connectivity index (χ3n) is 4.61. The highest BCUT2D eigenvalue weighted by molar-refractivity contribution is 7.17. The molecule has 0 bridgehead atoms. The minimum atomic E-state index is -0.275. The summed E-state index contributed by atoms with van der Waals surface area (Å²) in [6.07, 6.45) is 0.959. The van der Waals surface area contributed by atoms with E-state index in [-0.39, 0.29) is 11.7 Å². The van der Waals surface area contributed by atoms with Crippen LogP contribution in [0.1, 0.15) is 28.5 Å². The van der Waals surface area contributed by atoms with Crippen LogP contribution in [0.5, 0.6) is 0 Å². The molecule has 136 valence electrons. The summed E-state index contributed by atoms with van der Waals surface area (Å²) in [4.78, 5) is 12.9. The van der Waals surface area contributed by atoms with Crippen molar-refractivity contribution in [2.45, 2.75) is 19.9 Å². The lowest BCUT2D eigenvalue weighted by Crippen LogP contribution is -2.17.